The first kappa shape index (κ1) is 23.6. The van der Waals surface area contributed by atoms with Gasteiger partial charge in [-0.2, -0.15) is 0 Å². The van der Waals surface area contributed by atoms with Crippen LogP contribution in [0, 0.1) is 0 Å². The molecule has 0 radical (unpaired) electrons. The Morgan fingerprint density at radius 3 is 2.31 bits per heavy atom. The number of hydrogen-bond donors (Lipinski definition) is 4. The SMILES string of the molecule is Clc1ccc2c(c1NCc1ccc3ccccc3c1)CCNCC2.O=C(O)CCC(=O)O. The number of hydrogen-bond acceptors (Lipinski definition) is 4. The first-order valence-electron chi connectivity index (χ1n) is 10.6. The quantitative estimate of drug-likeness (QED) is 0.430. The molecule has 1 aliphatic rings. The minimum atomic E-state index is -1.08. The van der Waals surface area contributed by atoms with Crippen molar-refractivity contribution in [1.82, 2.24) is 5.32 Å². The molecule has 0 saturated carbocycles. The van der Waals surface area contributed by atoms with Crippen molar-refractivity contribution < 1.29 is 19.8 Å². The van der Waals surface area contributed by atoms with E-state index >= 15 is 0 Å². The van der Waals surface area contributed by atoms with Crippen molar-refractivity contribution in [3.05, 3.63) is 76.3 Å². The average molecular weight is 455 g/mol. The molecule has 0 saturated heterocycles. The molecule has 168 valence electrons. The number of carboxylic acid groups (broad SMARTS) is 2. The smallest absolute Gasteiger partial charge is 0.303 e. The van der Waals surface area contributed by atoms with Gasteiger partial charge in [0.15, 0.2) is 0 Å². The van der Waals surface area contributed by atoms with Gasteiger partial charge in [0, 0.05) is 6.54 Å². The molecule has 3 aromatic rings. The third kappa shape index (κ3) is 6.70. The summed E-state index contributed by atoms with van der Waals surface area (Å²) in [4.78, 5) is 19.3. The number of rotatable bonds is 6. The van der Waals surface area contributed by atoms with Gasteiger partial charge in [-0.25, -0.2) is 0 Å². The van der Waals surface area contributed by atoms with Crippen LogP contribution in [-0.4, -0.2) is 35.2 Å². The van der Waals surface area contributed by atoms with Crippen molar-refractivity contribution in [2.75, 3.05) is 18.4 Å². The fourth-order valence-electron chi connectivity index (χ4n) is 3.69. The van der Waals surface area contributed by atoms with E-state index in [0.717, 1.165) is 43.2 Å². The van der Waals surface area contributed by atoms with E-state index in [1.807, 2.05) is 6.07 Å². The highest BCUT2D eigenvalue weighted by Gasteiger charge is 2.14. The van der Waals surface area contributed by atoms with E-state index in [1.165, 1.54) is 27.5 Å². The lowest BCUT2D eigenvalue weighted by Crippen LogP contribution is -2.16. The zero-order valence-corrected chi connectivity index (χ0v) is 18.5. The van der Waals surface area contributed by atoms with Crippen molar-refractivity contribution in [2.45, 2.75) is 32.2 Å². The molecular formula is C25H27ClN2O4. The van der Waals surface area contributed by atoms with Crippen LogP contribution < -0.4 is 10.6 Å². The Bertz CT molecular complexity index is 1090. The summed E-state index contributed by atoms with van der Waals surface area (Å²) in [7, 11) is 0. The number of fused-ring (bicyclic) bond motifs is 2. The first-order valence-corrected chi connectivity index (χ1v) is 11.0. The lowest BCUT2D eigenvalue weighted by atomic mass is 10.0. The third-order valence-corrected chi connectivity index (χ3v) is 5.63. The Hall–Kier alpha value is -3.09. The van der Waals surface area contributed by atoms with Gasteiger partial charge in [0.1, 0.15) is 0 Å². The van der Waals surface area contributed by atoms with E-state index in [1.54, 1.807) is 0 Å². The van der Waals surface area contributed by atoms with Crippen molar-refractivity contribution in [1.29, 1.82) is 0 Å². The summed E-state index contributed by atoms with van der Waals surface area (Å²) in [6, 6.07) is 19.3. The molecule has 7 heteroatoms. The summed E-state index contributed by atoms with van der Waals surface area (Å²) in [6.45, 7) is 2.84. The van der Waals surface area contributed by atoms with E-state index in [9.17, 15) is 9.59 Å². The predicted molar refractivity (Wildman–Crippen MR) is 128 cm³/mol. The van der Waals surface area contributed by atoms with Crippen LogP contribution >= 0.6 is 11.6 Å². The van der Waals surface area contributed by atoms with E-state index in [-0.39, 0.29) is 12.8 Å². The Morgan fingerprint density at radius 1 is 0.906 bits per heavy atom. The number of aliphatic carboxylic acids is 2. The summed E-state index contributed by atoms with van der Waals surface area (Å²) in [5.74, 6) is -2.15. The average Bonchev–Trinajstić information content (AvgIpc) is 3.03. The van der Waals surface area contributed by atoms with Crippen LogP contribution in [0.15, 0.2) is 54.6 Å². The van der Waals surface area contributed by atoms with Crippen LogP contribution in [0.3, 0.4) is 0 Å². The molecule has 0 amide bonds. The fraction of sp³-hybridized carbons (Fsp3) is 0.280. The lowest BCUT2D eigenvalue weighted by Gasteiger charge is -2.16. The minimum absolute atomic E-state index is 0.296. The summed E-state index contributed by atoms with van der Waals surface area (Å²) in [5, 5.41) is 26.2. The molecule has 0 aromatic heterocycles. The van der Waals surface area contributed by atoms with Crippen molar-refractivity contribution >= 4 is 40.0 Å². The molecule has 32 heavy (non-hydrogen) atoms. The number of halogens is 1. The highest BCUT2D eigenvalue weighted by molar-refractivity contribution is 6.33. The second-order valence-corrected chi connectivity index (χ2v) is 8.04. The van der Waals surface area contributed by atoms with Crippen LogP contribution in [-0.2, 0) is 29.0 Å². The second-order valence-electron chi connectivity index (χ2n) is 7.63. The standard InChI is InChI=1S/C21H21ClN2.C4H6O4/c22-20-8-7-17-9-11-23-12-10-19(17)21(20)24-14-15-5-6-16-3-1-2-4-18(16)13-15;5-3(6)1-2-4(7)8/h1-8,13,23-24H,9-12,14H2;1-2H2,(H,5,6)(H,7,8). The van der Waals surface area contributed by atoms with Gasteiger partial charge in [-0.3, -0.25) is 9.59 Å². The summed E-state index contributed by atoms with van der Waals surface area (Å²) in [5.41, 5.74) is 5.15. The number of benzene rings is 3. The van der Waals surface area contributed by atoms with Crippen LogP contribution in [0.5, 0.6) is 0 Å². The monoisotopic (exact) mass is 454 g/mol. The van der Waals surface area contributed by atoms with Crippen LogP contribution in [0.4, 0.5) is 5.69 Å². The van der Waals surface area contributed by atoms with E-state index in [0.29, 0.717) is 0 Å². The first-order chi connectivity index (χ1) is 15.4. The van der Waals surface area contributed by atoms with Gasteiger partial charge in [0.2, 0.25) is 0 Å². The maximum Gasteiger partial charge on any atom is 0.303 e. The fourth-order valence-corrected chi connectivity index (χ4v) is 3.93. The third-order valence-electron chi connectivity index (χ3n) is 5.32. The normalized spacial score (nSPS) is 12.8. The highest BCUT2D eigenvalue weighted by atomic mass is 35.5. The molecule has 1 heterocycles. The molecule has 4 rings (SSSR count). The molecular weight excluding hydrogens is 428 g/mol. The van der Waals surface area contributed by atoms with Crippen molar-refractivity contribution in [3.8, 4) is 0 Å². The molecule has 0 spiro atoms. The Balaban J connectivity index is 0.000000312. The molecule has 0 unspecified atom stereocenters. The maximum atomic E-state index is 9.64. The second kappa shape index (κ2) is 11.5. The zero-order valence-electron chi connectivity index (χ0n) is 17.7. The molecule has 6 nitrogen and oxygen atoms in total. The largest absolute Gasteiger partial charge is 0.481 e. The van der Waals surface area contributed by atoms with Gasteiger partial charge in [0.05, 0.1) is 23.6 Å². The zero-order chi connectivity index (χ0) is 22.9. The van der Waals surface area contributed by atoms with Crippen LogP contribution in [0.1, 0.15) is 29.5 Å². The van der Waals surface area contributed by atoms with Gasteiger partial charge in [-0.15, -0.1) is 0 Å². The predicted octanol–water partition coefficient (Wildman–Crippen LogP) is 4.73. The summed E-state index contributed by atoms with van der Waals surface area (Å²) in [6.07, 6.45) is 1.50. The number of anilines is 1. The molecule has 1 aliphatic heterocycles. The number of nitrogens with one attached hydrogen (secondary N) is 2. The van der Waals surface area contributed by atoms with Crippen molar-refractivity contribution in [3.63, 3.8) is 0 Å². The molecule has 0 atom stereocenters. The molecule has 0 aliphatic carbocycles. The van der Waals surface area contributed by atoms with Crippen LogP contribution in [0.25, 0.3) is 10.8 Å². The molecule has 0 fully saturated rings. The molecule has 3 aromatic carbocycles. The van der Waals surface area contributed by atoms with Gasteiger partial charge in [-0.05, 0) is 65.5 Å². The Morgan fingerprint density at radius 2 is 1.59 bits per heavy atom. The van der Waals surface area contributed by atoms with Gasteiger partial charge in [0.25, 0.3) is 0 Å². The summed E-state index contributed by atoms with van der Waals surface area (Å²) < 4.78 is 0. The maximum absolute atomic E-state index is 9.64. The van der Waals surface area contributed by atoms with Crippen LogP contribution in [0.2, 0.25) is 5.02 Å². The molecule has 0 bridgehead atoms. The van der Waals surface area contributed by atoms with E-state index in [2.05, 4.69) is 59.2 Å². The highest BCUT2D eigenvalue weighted by Crippen LogP contribution is 2.31. The van der Waals surface area contributed by atoms with Gasteiger partial charge >= 0.3 is 11.9 Å². The number of carboxylic acids is 2. The van der Waals surface area contributed by atoms with E-state index in [4.69, 9.17) is 21.8 Å². The summed E-state index contributed by atoms with van der Waals surface area (Å²) >= 11 is 6.49. The minimum Gasteiger partial charge on any atom is -0.481 e. The van der Waals surface area contributed by atoms with Crippen molar-refractivity contribution in [2.24, 2.45) is 0 Å². The lowest BCUT2D eigenvalue weighted by molar-refractivity contribution is -0.143. The van der Waals surface area contributed by atoms with E-state index < -0.39 is 11.9 Å². The number of carbonyl (C=O) groups is 2. The van der Waals surface area contributed by atoms with Gasteiger partial charge in [-0.1, -0.05) is 54.1 Å². The topological polar surface area (TPSA) is 98.7 Å². The van der Waals surface area contributed by atoms with Gasteiger partial charge < -0.3 is 20.8 Å². The Kier molecular flexibility index (Phi) is 8.48. The molecule has 4 N–H and O–H groups in total. The Labute approximate surface area is 192 Å².